The highest BCUT2D eigenvalue weighted by atomic mass is 35.5. The van der Waals surface area contributed by atoms with Crippen molar-refractivity contribution in [1.29, 1.82) is 0 Å². The number of halogens is 1. The molecule has 2 aromatic carbocycles. The molecule has 0 aliphatic heterocycles. The summed E-state index contributed by atoms with van der Waals surface area (Å²) < 4.78 is 32.4. The van der Waals surface area contributed by atoms with Crippen LogP contribution in [-0.2, 0) is 26.2 Å². The van der Waals surface area contributed by atoms with Gasteiger partial charge in [0, 0.05) is 17.6 Å². The molecule has 2 amide bonds. The van der Waals surface area contributed by atoms with Crippen molar-refractivity contribution in [3.05, 3.63) is 59.1 Å². The fourth-order valence-corrected chi connectivity index (χ4v) is 5.59. The lowest BCUT2D eigenvalue weighted by molar-refractivity contribution is -0.140. The van der Waals surface area contributed by atoms with Gasteiger partial charge in [0.25, 0.3) is 0 Å². The number of sulfonamides is 1. The molecule has 0 heterocycles. The molecule has 1 N–H and O–H groups in total. The molecule has 0 saturated heterocycles. The number of amides is 2. The number of nitrogens with zero attached hydrogens (tertiary/aromatic N) is 2. The van der Waals surface area contributed by atoms with Gasteiger partial charge in [-0.15, -0.1) is 0 Å². The second kappa shape index (κ2) is 13.1. The molecule has 8 nitrogen and oxygen atoms in total. The zero-order valence-electron chi connectivity index (χ0n) is 21.7. The molecule has 10 heteroatoms. The first-order valence-electron chi connectivity index (χ1n) is 12.7. The lowest BCUT2D eigenvalue weighted by Crippen LogP contribution is -2.53. The number of anilines is 1. The predicted octanol–water partition coefficient (Wildman–Crippen LogP) is 4.37. The van der Waals surface area contributed by atoms with Crippen molar-refractivity contribution in [2.75, 3.05) is 23.7 Å². The molecule has 3 rings (SSSR count). The molecule has 1 unspecified atom stereocenters. The minimum atomic E-state index is -3.85. The Kier molecular flexibility index (Phi) is 10.2. The quantitative estimate of drug-likeness (QED) is 0.424. The number of hydrogen-bond donors (Lipinski definition) is 1. The van der Waals surface area contributed by atoms with Crippen molar-refractivity contribution >= 4 is 39.1 Å². The highest BCUT2D eigenvalue weighted by Crippen LogP contribution is 2.30. The van der Waals surface area contributed by atoms with E-state index in [2.05, 4.69) is 5.32 Å². The molecule has 1 saturated carbocycles. The Balaban J connectivity index is 1.94. The Morgan fingerprint density at radius 1 is 1.08 bits per heavy atom. The molecule has 0 radical (unpaired) electrons. The molecule has 1 atom stereocenters. The third-order valence-electron chi connectivity index (χ3n) is 6.47. The van der Waals surface area contributed by atoms with Crippen LogP contribution in [0.1, 0.15) is 51.5 Å². The maximum Gasteiger partial charge on any atom is 0.244 e. The molecule has 1 fully saturated rings. The number of nitrogens with one attached hydrogen (secondary N) is 1. The SMILES string of the molecule is CCOc1ccccc1N(CC(=O)N(Cc1ccc(Cl)cc1)C(CC)C(=O)NC1CCCC1)S(C)(=O)=O. The fraction of sp³-hybridized carbons (Fsp3) is 0.481. The summed E-state index contributed by atoms with van der Waals surface area (Å²) in [6.07, 6.45) is 5.41. The summed E-state index contributed by atoms with van der Waals surface area (Å²) in [4.78, 5) is 28.6. The number of ether oxygens (including phenoxy) is 1. The topological polar surface area (TPSA) is 96.0 Å². The molecule has 2 aromatic rings. The number of carbonyl (C=O) groups excluding carboxylic acids is 2. The monoisotopic (exact) mass is 549 g/mol. The van der Waals surface area contributed by atoms with Crippen molar-refractivity contribution in [1.82, 2.24) is 10.2 Å². The van der Waals surface area contributed by atoms with Gasteiger partial charge in [0.2, 0.25) is 21.8 Å². The van der Waals surface area contributed by atoms with E-state index in [0.717, 1.165) is 41.8 Å². The summed E-state index contributed by atoms with van der Waals surface area (Å²) in [5.41, 5.74) is 1.06. The predicted molar refractivity (Wildman–Crippen MR) is 146 cm³/mol. The van der Waals surface area contributed by atoms with E-state index in [-0.39, 0.29) is 24.2 Å². The molecule has 1 aliphatic carbocycles. The van der Waals surface area contributed by atoms with Crippen molar-refractivity contribution in [3.63, 3.8) is 0 Å². The Hall–Kier alpha value is -2.78. The molecule has 0 aromatic heterocycles. The Bertz CT molecular complexity index is 1170. The third kappa shape index (κ3) is 7.85. The van der Waals surface area contributed by atoms with Crippen LogP contribution < -0.4 is 14.4 Å². The van der Waals surface area contributed by atoms with Crippen LogP contribution in [0.15, 0.2) is 48.5 Å². The third-order valence-corrected chi connectivity index (χ3v) is 7.85. The van der Waals surface area contributed by atoms with Gasteiger partial charge in [-0.3, -0.25) is 13.9 Å². The first-order valence-corrected chi connectivity index (χ1v) is 14.9. The standard InChI is InChI=1S/C27H36ClN3O5S/c1-4-23(27(33)29-22-10-6-7-11-22)30(18-20-14-16-21(28)17-15-20)26(32)19-31(37(3,34)35)24-12-8-9-13-25(24)36-5-2/h8-9,12-17,22-23H,4-7,10-11,18-19H2,1-3H3,(H,29,33). The lowest BCUT2D eigenvalue weighted by atomic mass is 10.1. The minimum absolute atomic E-state index is 0.0969. The average molecular weight is 550 g/mol. The van der Waals surface area contributed by atoms with Crippen LogP contribution >= 0.6 is 11.6 Å². The van der Waals surface area contributed by atoms with Gasteiger partial charge >= 0.3 is 0 Å². The molecular formula is C27H36ClN3O5S. The molecule has 37 heavy (non-hydrogen) atoms. The number of para-hydroxylation sites is 2. The van der Waals surface area contributed by atoms with E-state index in [1.54, 1.807) is 55.5 Å². The Labute approximate surface area is 225 Å². The highest BCUT2D eigenvalue weighted by molar-refractivity contribution is 7.92. The smallest absolute Gasteiger partial charge is 0.244 e. The maximum atomic E-state index is 13.8. The van der Waals surface area contributed by atoms with Crippen LogP contribution in [0.25, 0.3) is 0 Å². The van der Waals surface area contributed by atoms with Crippen LogP contribution in [0.3, 0.4) is 0 Å². The van der Waals surface area contributed by atoms with E-state index >= 15 is 0 Å². The normalized spacial score (nSPS) is 14.7. The highest BCUT2D eigenvalue weighted by Gasteiger charge is 2.33. The second-order valence-corrected chi connectivity index (χ2v) is 11.6. The van der Waals surface area contributed by atoms with Crippen molar-refractivity contribution in [2.24, 2.45) is 0 Å². The van der Waals surface area contributed by atoms with Gasteiger partial charge in [-0.25, -0.2) is 8.42 Å². The largest absolute Gasteiger partial charge is 0.492 e. The second-order valence-electron chi connectivity index (χ2n) is 9.23. The first kappa shape index (κ1) is 28.8. The zero-order chi connectivity index (χ0) is 27.0. The summed E-state index contributed by atoms with van der Waals surface area (Å²) in [7, 11) is -3.85. The summed E-state index contributed by atoms with van der Waals surface area (Å²) in [5, 5.41) is 3.65. The van der Waals surface area contributed by atoms with Gasteiger partial charge in [0.15, 0.2) is 0 Å². The van der Waals surface area contributed by atoms with Gasteiger partial charge < -0.3 is 15.0 Å². The zero-order valence-corrected chi connectivity index (χ0v) is 23.2. The van der Waals surface area contributed by atoms with Crippen LogP contribution in [0, 0.1) is 0 Å². The summed E-state index contributed by atoms with van der Waals surface area (Å²) >= 11 is 6.04. The Morgan fingerprint density at radius 3 is 2.32 bits per heavy atom. The Morgan fingerprint density at radius 2 is 1.73 bits per heavy atom. The number of benzene rings is 2. The maximum absolute atomic E-state index is 13.8. The van der Waals surface area contributed by atoms with Gasteiger partial charge in [-0.1, -0.05) is 55.6 Å². The average Bonchev–Trinajstić information content (AvgIpc) is 3.36. The van der Waals surface area contributed by atoms with Gasteiger partial charge in [0.1, 0.15) is 18.3 Å². The van der Waals surface area contributed by atoms with Gasteiger partial charge in [-0.05, 0) is 56.0 Å². The van der Waals surface area contributed by atoms with Gasteiger partial charge in [0.05, 0.1) is 18.6 Å². The van der Waals surface area contributed by atoms with Crippen LogP contribution in [0.4, 0.5) is 5.69 Å². The van der Waals surface area contributed by atoms with E-state index < -0.39 is 28.5 Å². The van der Waals surface area contributed by atoms with Crippen LogP contribution in [0.5, 0.6) is 5.75 Å². The van der Waals surface area contributed by atoms with Crippen molar-refractivity contribution < 1.29 is 22.7 Å². The lowest BCUT2D eigenvalue weighted by Gasteiger charge is -2.33. The summed E-state index contributed by atoms with van der Waals surface area (Å²) in [6.45, 7) is 3.65. The van der Waals surface area contributed by atoms with Crippen LogP contribution in [0.2, 0.25) is 5.02 Å². The molecule has 0 spiro atoms. The van der Waals surface area contributed by atoms with Gasteiger partial charge in [-0.2, -0.15) is 0 Å². The van der Waals surface area contributed by atoms with Crippen molar-refractivity contribution in [2.45, 2.75) is 64.6 Å². The first-order chi connectivity index (χ1) is 17.6. The van der Waals surface area contributed by atoms with Crippen LogP contribution in [-0.4, -0.2) is 56.6 Å². The van der Waals surface area contributed by atoms with E-state index in [1.807, 2.05) is 6.92 Å². The van der Waals surface area contributed by atoms with E-state index in [4.69, 9.17) is 16.3 Å². The molecule has 1 aliphatic rings. The molecule has 202 valence electrons. The van der Waals surface area contributed by atoms with E-state index in [0.29, 0.717) is 23.8 Å². The number of hydrogen-bond acceptors (Lipinski definition) is 5. The van der Waals surface area contributed by atoms with E-state index in [9.17, 15) is 18.0 Å². The number of carbonyl (C=O) groups is 2. The van der Waals surface area contributed by atoms with E-state index in [1.165, 1.54) is 4.90 Å². The minimum Gasteiger partial charge on any atom is -0.492 e. The summed E-state index contributed by atoms with van der Waals surface area (Å²) in [6, 6.07) is 13.1. The number of rotatable bonds is 12. The van der Waals surface area contributed by atoms with Crippen molar-refractivity contribution in [3.8, 4) is 5.75 Å². The fourth-order valence-electron chi connectivity index (χ4n) is 4.61. The molecular weight excluding hydrogens is 514 g/mol. The molecule has 0 bridgehead atoms. The summed E-state index contributed by atoms with van der Waals surface area (Å²) in [5.74, 6) is -0.351.